The molecule has 1 aromatic carbocycles. The van der Waals surface area contributed by atoms with Crippen LogP contribution in [0.2, 0.25) is 0 Å². The number of nitrogens with zero attached hydrogens (tertiary/aromatic N) is 6. The molecule has 1 aliphatic rings. The third-order valence-electron chi connectivity index (χ3n) is 3.85. The Morgan fingerprint density at radius 1 is 1.21 bits per heavy atom. The maximum atomic E-state index is 10.7. The number of aromatic nitrogens is 4. The van der Waals surface area contributed by atoms with Crippen LogP contribution >= 0.6 is 11.3 Å². The summed E-state index contributed by atoms with van der Waals surface area (Å²) in [6.45, 7) is 3.87. The zero-order valence-corrected chi connectivity index (χ0v) is 13.5. The Hall–Kier alpha value is -2.43. The first-order valence-corrected chi connectivity index (χ1v) is 8.28. The van der Waals surface area contributed by atoms with Crippen LogP contribution in [0.5, 0.6) is 0 Å². The molecule has 0 saturated carbocycles. The molecule has 4 rings (SSSR count). The molecule has 0 aliphatic carbocycles. The molecule has 9 nitrogen and oxygen atoms in total. The van der Waals surface area contributed by atoms with Gasteiger partial charge in [0, 0.05) is 30.8 Å². The Labute approximate surface area is 140 Å². The molecule has 0 amide bonds. The molecule has 1 aliphatic heterocycles. The van der Waals surface area contributed by atoms with Gasteiger partial charge < -0.3 is 4.74 Å². The highest BCUT2D eigenvalue weighted by Gasteiger charge is 2.18. The number of hydrogen-bond donors (Lipinski definition) is 0. The zero-order valence-electron chi connectivity index (χ0n) is 12.7. The fourth-order valence-electron chi connectivity index (χ4n) is 2.56. The largest absolute Gasteiger partial charge is 0.379 e. The van der Waals surface area contributed by atoms with Crippen LogP contribution in [0.1, 0.15) is 5.82 Å². The van der Waals surface area contributed by atoms with Crippen molar-refractivity contribution >= 4 is 22.0 Å². The molecule has 0 bridgehead atoms. The lowest BCUT2D eigenvalue weighted by atomic mass is 10.2. The van der Waals surface area contributed by atoms with Crippen molar-refractivity contribution in [2.24, 2.45) is 0 Å². The second-order valence-electron chi connectivity index (χ2n) is 5.41. The van der Waals surface area contributed by atoms with E-state index in [2.05, 4.69) is 20.2 Å². The van der Waals surface area contributed by atoms with Crippen molar-refractivity contribution < 1.29 is 9.66 Å². The molecular weight excluding hydrogens is 332 g/mol. The molecule has 24 heavy (non-hydrogen) atoms. The first-order chi connectivity index (χ1) is 11.7. The fourth-order valence-corrected chi connectivity index (χ4v) is 3.42. The van der Waals surface area contributed by atoms with Crippen LogP contribution in [-0.4, -0.2) is 55.9 Å². The average molecular weight is 346 g/mol. The Morgan fingerprint density at radius 3 is 2.67 bits per heavy atom. The number of morpholine rings is 1. The van der Waals surface area contributed by atoms with Gasteiger partial charge in [-0.05, 0) is 12.1 Å². The molecule has 0 unspecified atom stereocenters. The number of hydrogen-bond acceptors (Lipinski definition) is 8. The summed E-state index contributed by atoms with van der Waals surface area (Å²) in [6, 6.07) is 6.36. The van der Waals surface area contributed by atoms with Gasteiger partial charge in [0.1, 0.15) is 5.01 Å². The quantitative estimate of drug-likeness (QED) is 0.522. The van der Waals surface area contributed by atoms with Crippen molar-refractivity contribution in [2.45, 2.75) is 6.54 Å². The summed E-state index contributed by atoms with van der Waals surface area (Å²) in [5, 5.41) is 24.5. The Balaban J connectivity index is 1.60. The normalized spacial score (nSPS) is 15.8. The van der Waals surface area contributed by atoms with Crippen LogP contribution in [-0.2, 0) is 11.3 Å². The van der Waals surface area contributed by atoms with Gasteiger partial charge >= 0.3 is 0 Å². The summed E-state index contributed by atoms with van der Waals surface area (Å²) in [7, 11) is 0. The van der Waals surface area contributed by atoms with Gasteiger partial charge in [-0.2, -0.15) is 9.61 Å². The summed E-state index contributed by atoms with van der Waals surface area (Å²) < 4.78 is 7.10. The molecule has 1 saturated heterocycles. The number of ether oxygens (including phenoxy) is 1. The SMILES string of the molecule is O=[N+]([O-])c1ccc(-c2nn3c(CN4CCOCC4)nnc3s2)cc1. The maximum Gasteiger partial charge on any atom is 0.269 e. The molecule has 124 valence electrons. The Morgan fingerprint density at radius 2 is 1.96 bits per heavy atom. The van der Waals surface area contributed by atoms with Crippen molar-refractivity contribution in [2.75, 3.05) is 26.3 Å². The van der Waals surface area contributed by atoms with Gasteiger partial charge in [0.2, 0.25) is 4.96 Å². The monoisotopic (exact) mass is 346 g/mol. The molecule has 0 spiro atoms. The highest BCUT2D eigenvalue weighted by Crippen LogP contribution is 2.27. The van der Waals surface area contributed by atoms with Crippen molar-refractivity contribution in [3.8, 4) is 10.6 Å². The van der Waals surface area contributed by atoms with E-state index in [9.17, 15) is 10.1 Å². The maximum absolute atomic E-state index is 10.7. The van der Waals surface area contributed by atoms with E-state index in [-0.39, 0.29) is 5.69 Å². The van der Waals surface area contributed by atoms with E-state index < -0.39 is 4.92 Å². The van der Waals surface area contributed by atoms with Crippen molar-refractivity contribution in [3.05, 3.63) is 40.2 Å². The van der Waals surface area contributed by atoms with Crippen LogP contribution in [0.15, 0.2) is 24.3 Å². The molecule has 2 aromatic heterocycles. The number of benzene rings is 1. The Bertz CT molecular complexity index is 868. The molecule has 10 heteroatoms. The number of rotatable bonds is 4. The number of nitro groups is 1. The van der Waals surface area contributed by atoms with Crippen LogP contribution in [0.4, 0.5) is 5.69 Å². The van der Waals surface area contributed by atoms with Crippen LogP contribution in [0.3, 0.4) is 0 Å². The van der Waals surface area contributed by atoms with E-state index >= 15 is 0 Å². The van der Waals surface area contributed by atoms with Crippen molar-refractivity contribution in [3.63, 3.8) is 0 Å². The minimum atomic E-state index is -0.414. The van der Waals surface area contributed by atoms with Gasteiger partial charge in [-0.15, -0.1) is 10.2 Å². The summed E-state index contributed by atoms with van der Waals surface area (Å²) in [5.74, 6) is 0.788. The van der Waals surface area contributed by atoms with E-state index in [1.807, 2.05) is 0 Å². The first-order valence-electron chi connectivity index (χ1n) is 7.47. The number of fused-ring (bicyclic) bond motifs is 1. The first kappa shape index (κ1) is 15.1. The van der Waals surface area contributed by atoms with E-state index in [4.69, 9.17) is 4.74 Å². The molecule has 0 atom stereocenters. The molecule has 3 aromatic rings. The standard InChI is InChI=1S/C14H14N6O3S/c21-20(22)11-3-1-10(2-4-11)13-17-19-12(15-16-14(19)24-13)9-18-5-7-23-8-6-18/h1-4H,5-9H2. The number of non-ortho nitro benzene ring substituents is 1. The topological polar surface area (TPSA) is 98.7 Å². The summed E-state index contributed by atoms with van der Waals surface area (Å²) >= 11 is 1.41. The van der Waals surface area contributed by atoms with Crippen LogP contribution < -0.4 is 0 Å². The van der Waals surface area contributed by atoms with Gasteiger partial charge in [-0.1, -0.05) is 11.3 Å². The average Bonchev–Trinajstić information content (AvgIpc) is 3.18. The summed E-state index contributed by atoms with van der Waals surface area (Å²) in [5.41, 5.74) is 0.892. The van der Waals surface area contributed by atoms with Crippen LogP contribution in [0.25, 0.3) is 15.5 Å². The highest BCUT2D eigenvalue weighted by atomic mass is 32.1. The third-order valence-corrected chi connectivity index (χ3v) is 4.80. The molecule has 0 N–H and O–H groups in total. The lowest BCUT2D eigenvalue weighted by Gasteiger charge is -2.25. The smallest absolute Gasteiger partial charge is 0.269 e. The minimum Gasteiger partial charge on any atom is -0.379 e. The molecule has 0 radical (unpaired) electrons. The van der Waals surface area contributed by atoms with E-state index in [1.54, 1.807) is 16.6 Å². The number of nitro benzene ring substituents is 1. The lowest BCUT2D eigenvalue weighted by molar-refractivity contribution is -0.384. The fraction of sp³-hybridized carbons (Fsp3) is 0.357. The molecule has 1 fully saturated rings. The zero-order chi connectivity index (χ0) is 16.5. The highest BCUT2D eigenvalue weighted by molar-refractivity contribution is 7.19. The third kappa shape index (κ3) is 2.86. The van der Waals surface area contributed by atoms with Gasteiger partial charge in [0.05, 0.1) is 24.7 Å². The van der Waals surface area contributed by atoms with Gasteiger partial charge in [0.15, 0.2) is 5.82 Å². The van der Waals surface area contributed by atoms with Gasteiger partial charge in [-0.25, -0.2) is 0 Å². The summed E-state index contributed by atoms with van der Waals surface area (Å²) in [4.78, 5) is 13.3. The van der Waals surface area contributed by atoms with Crippen molar-refractivity contribution in [1.29, 1.82) is 0 Å². The Kier molecular flexibility index (Phi) is 3.92. The lowest BCUT2D eigenvalue weighted by Crippen LogP contribution is -2.36. The molecule has 3 heterocycles. The van der Waals surface area contributed by atoms with E-state index in [0.29, 0.717) is 11.5 Å². The minimum absolute atomic E-state index is 0.0646. The second kappa shape index (κ2) is 6.23. The second-order valence-corrected chi connectivity index (χ2v) is 6.37. The van der Waals surface area contributed by atoms with E-state index in [0.717, 1.165) is 42.7 Å². The summed E-state index contributed by atoms with van der Waals surface area (Å²) in [6.07, 6.45) is 0. The van der Waals surface area contributed by atoms with Gasteiger partial charge in [0.25, 0.3) is 5.69 Å². The van der Waals surface area contributed by atoms with E-state index in [1.165, 1.54) is 23.5 Å². The van der Waals surface area contributed by atoms with Crippen LogP contribution in [0, 0.1) is 10.1 Å². The predicted octanol–water partition coefficient (Wildman–Crippen LogP) is 1.59. The van der Waals surface area contributed by atoms with Crippen molar-refractivity contribution in [1.82, 2.24) is 24.7 Å². The van der Waals surface area contributed by atoms with Gasteiger partial charge in [-0.3, -0.25) is 15.0 Å². The molecular formula is C14H14N6O3S. The predicted molar refractivity (Wildman–Crippen MR) is 86.8 cm³/mol.